The molecule has 0 aliphatic rings. The van der Waals surface area contributed by atoms with E-state index in [2.05, 4.69) is 31.3 Å². The molecular weight excluding hydrogens is 302 g/mol. The molecule has 0 spiro atoms. The van der Waals surface area contributed by atoms with Gasteiger partial charge in [0.15, 0.2) is 0 Å². The minimum atomic E-state index is 0.129. The van der Waals surface area contributed by atoms with Crippen molar-refractivity contribution in [3.05, 3.63) is 50.7 Å². The van der Waals surface area contributed by atoms with Gasteiger partial charge in [-0.2, -0.15) is 0 Å². The topological polar surface area (TPSA) is 21.3 Å². The number of ether oxygens (including phenoxy) is 1. The predicted octanol–water partition coefficient (Wildman–Crippen LogP) is 5.06. The van der Waals surface area contributed by atoms with Crippen molar-refractivity contribution in [1.29, 1.82) is 0 Å². The first-order valence-electron chi connectivity index (χ1n) is 7.35. The van der Waals surface area contributed by atoms with Crippen LogP contribution in [0.15, 0.2) is 30.3 Å². The van der Waals surface area contributed by atoms with E-state index in [1.54, 1.807) is 7.11 Å². The molecule has 0 fully saturated rings. The van der Waals surface area contributed by atoms with Gasteiger partial charge in [-0.05, 0) is 49.7 Å². The molecule has 1 aromatic carbocycles. The number of thiophene rings is 1. The molecular formula is C17H22ClNOS. The molecule has 1 N–H and O–H groups in total. The van der Waals surface area contributed by atoms with E-state index in [1.807, 2.05) is 29.5 Å². The van der Waals surface area contributed by atoms with Crippen molar-refractivity contribution in [2.75, 3.05) is 13.7 Å². The van der Waals surface area contributed by atoms with Gasteiger partial charge in [0.05, 0.1) is 13.2 Å². The quantitative estimate of drug-likeness (QED) is 0.768. The second kappa shape index (κ2) is 7.83. The van der Waals surface area contributed by atoms with Crippen molar-refractivity contribution in [2.45, 2.75) is 32.7 Å². The van der Waals surface area contributed by atoms with Gasteiger partial charge in [-0.1, -0.05) is 25.4 Å². The van der Waals surface area contributed by atoms with Crippen molar-refractivity contribution >= 4 is 22.9 Å². The molecule has 0 bridgehead atoms. The van der Waals surface area contributed by atoms with Crippen LogP contribution < -0.4 is 10.1 Å². The second-order valence-corrected chi connectivity index (χ2v) is 6.57. The smallest absolute Gasteiger partial charge is 0.124 e. The SMILES string of the molecule is CCCNC(c1ccc(CC)s1)c1cc(Cl)ccc1OC. The maximum absolute atomic E-state index is 6.19. The van der Waals surface area contributed by atoms with Crippen LogP contribution in [-0.4, -0.2) is 13.7 Å². The zero-order valence-corrected chi connectivity index (χ0v) is 14.4. The van der Waals surface area contributed by atoms with E-state index in [0.717, 1.165) is 35.7 Å². The average Bonchev–Trinajstić information content (AvgIpc) is 2.97. The highest BCUT2D eigenvalue weighted by molar-refractivity contribution is 7.12. The first-order chi connectivity index (χ1) is 10.2. The van der Waals surface area contributed by atoms with E-state index in [4.69, 9.17) is 16.3 Å². The number of nitrogens with one attached hydrogen (secondary N) is 1. The molecule has 0 aliphatic carbocycles. The van der Waals surface area contributed by atoms with Crippen LogP contribution in [0.4, 0.5) is 0 Å². The van der Waals surface area contributed by atoms with Crippen molar-refractivity contribution in [3.63, 3.8) is 0 Å². The van der Waals surface area contributed by atoms with Crippen LogP contribution in [0, 0.1) is 0 Å². The zero-order chi connectivity index (χ0) is 15.2. The molecule has 1 atom stereocenters. The lowest BCUT2D eigenvalue weighted by molar-refractivity contribution is 0.404. The first kappa shape index (κ1) is 16.3. The Balaban J connectivity index is 2.41. The van der Waals surface area contributed by atoms with Crippen LogP contribution >= 0.6 is 22.9 Å². The molecule has 0 amide bonds. The highest BCUT2D eigenvalue weighted by atomic mass is 35.5. The molecule has 2 nitrogen and oxygen atoms in total. The standard InChI is InChI=1S/C17H22ClNOS/c1-4-10-19-17(16-9-7-13(5-2)21-16)14-11-12(18)6-8-15(14)20-3/h6-9,11,17,19H,4-5,10H2,1-3H3. The minimum Gasteiger partial charge on any atom is -0.496 e. The Hall–Kier alpha value is -1.03. The second-order valence-electron chi connectivity index (χ2n) is 4.93. The Morgan fingerprint density at radius 1 is 1.24 bits per heavy atom. The van der Waals surface area contributed by atoms with Crippen LogP contribution in [0.25, 0.3) is 0 Å². The maximum Gasteiger partial charge on any atom is 0.124 e. The molecule has 0 saturated heterocycles. The molecule has 1 heterocycles. The first-order valence-corrected chi connectivity index (χ1v) is 8.54. The fourth-order valence-corrected chi connectivity index (χ4v) is 3.55. The van der Waals surface area contributed by atoms with Gasteiger partial charge in [0.2, 0.25) is 0 Å². The Morgan fingerprint density at radius 2 is 2.05 bits per heavy atom. The molecule has 2 rings (SSSR count). The van der Waals surface area contributed by atoms with Crippen LogP contribution in [-0.2, 0) is 6.42 Å². The lowest BCUT2D eigenvalue weighted by Crippen LogP contribution is -2.23. The number of rotatable bonds is 7. The molecule has 0 aliphatic heterocycles. The van der Waals surface area contributed by atoms with Gasteiger partial charge in [0, 0.05) is 20.3 Å². The Bertz CT molecular complexity index is 582. The van der Waals surface area contributed by atoms with Crippen molar-refractivity contribution < 1.29 is 4.74 Å². The third-order valence-corrected chi connectivity index (χ3v) is 4.95. The third-order valence-electron chi connectivity index (χ3n) is 3.42. The van der Waals surface area contributed by atoms with Gasteiger partial charge in [-0.25, -0.2) is 0 Å². The van der Waals surface area contributed by atoms with Crippen LogP contribution in [0.1, 0.15) is 41.6 Å². The van der Waals surface area contributed by atoms with Gasteiger partial charge >= 0.3 is 0 Å². The van der Waals surface area contributed by atoms with Crippen LogP contribution in [0.2, 0.25) is 5.02 Å². The Labute approximate surface area is 136 Å². The normalized spacial score (nSPS) is 12.4. The fourth-order valence-electron chi connectivity index (χ4n) is 2.32. The predicted molar refractivity (Wildman–Crippen MR) is 91.8 cm³/mol. The minimum absolute atomic E-state index is 0.129. The lowest BCUT2D eigenvalue weighted by atomic mass is 10.0. The third kappa shape index (κ3) is 4.00. The summed E-state index contributed by atoms with van der Waals surface area (Å²) in [6.45, 7) is 5.31. The molecule has 1 aromatic heterocycles. The summed E-state index contributed by atoms with van der Waals surface area (Å²) in [5.74, 6) is 0.874. The van der Waals surface area contributed by atoms with Gasteiger partial charge in [-0.3, -0.25) is 0 Å². The summed E-state index contributed by atoms with van der Waals surface area (Å²) in [5, 5.41) is 4.35. The van der Waals surface area contributed by atoms with Crippen LogP contribution in [0.5, 0.6) is 5.75 Å². The zero-order valence-electron chi connectivity index (χ0n) is 12.8. The number of halogens is 1. The fraction of sp³-hybridized carbons (Fsp3) is 0.412. The highest BCUT2D eigenvalue weighted by Crippen LogP contribution is 2.35. The number of hydrogen-bond donors (Lipinski definition) is 1. The summed E-state index contributed by atoms with van der Waals surface area (Å²) in [4.78, 5) is 2.70. The van der Waals surface area contributed by atoms with Gasteiger partial charge in [-0.15, -0.1) is 11.3 Å². The van der Waals surface area contributed by atoms with Crippen molar-refractivity contribution in [2.24, 2.45) is 0 Å². The molecule has 21 heavy (non-hydrogen) atoms. The lowest BCUT2D eigenvalue weighted by Gasteiger charge is -2.20. The van der Waals surface area contributed by atoms with E-state index in [1.165, 1.54) is 9.75 Å². The largest absolute Gasteiger partial charge is 0.496 e. The van der Waals surface area contributed by atoms with Gasteiger partial charge < -0.3 is 10.1 Å². The van der Waals surface area contributed by atoms with E-state index in [9.17, 15) is 0 Å². The van der Waals surface area contributed by atoms with Crippen LogP contribution in [0.3, 0.4) is 0 Å². The Kier molecular flexibility index (Phi) is 6.09. The van der Waals surface area contributed by atoms with E-state index < -0.39 is 0 Å². The summed E-state index contributed by atoms with van der Waals surface area (Å²) in [6.07, 6.45) is 2.16. The Morgan fingerprint density at radius 3 is 2.67 bits per heavy atom. The number of hydrogen-bond acceptors (Lipinski definition) is 3. The summed E-state index contributed by atoms with van der Waals surface area (Å²) in [5.41, 5.74) is 1.10. The number of methoxy groups -OCH3 is 1. The summed E-state index contributed by atoms with van der Waals surface area (Å²) in [6, 6.07) is 10.3. The van der Waals surface area contributed by atoms with E-state index in [-0.39, 0.29) is 6.04 Å². The summed E-state index contributed by atoms with van der Waals surface area (Å²) < 4.78 is 5.52. The molecule has 114 valence electrons. The van der Waals surface area contributed by atoms with Gasteiger partial charge in [0.25, 0.3) is 0 Å². The number of aryl methyl sites for hydroxylation is 1. The molecule has 1 unspecified atom stereocenters. The molecule has 2 aromatic rings. The molecule has 4 heteroatoms. The highest BCUT2D eigenvalue weighted by Gasteiger charge is 2.19. The molecule has 0 radical (unpaired) electrons. The summed E-state index contributed by atoms with van der Waals surface area (Å²) in [7, 11) is 1.70. The number of benzene rings is 1. The average molecular weight is 324 g/mol. The van der Waals surface area contributed by atoms with Crippen molar-refractivity contribution in [3.8, 4) is 5.75 Å². The monoisotopic (exact) mass is 323 g/mol. The maximum atomic E-state index is 6.19. The van der Waals surface area contributed by atoms with E-state index in [0.29, 0.717) is 0 Å². The molecule has 0 saturated carbocycles. The van der Waals surface area contributed by atoms with Gasteiger partial charge in [0.1, 0.15) is 5.75 Å². The summed E-state index contributed by atoms with van der Waals surface area (Å²) >= 11 is 8.04. The van der Waals surface area contributed by atoms with Crippen molar-refractivity contribution in [1.82, 2.24) is 5.32 Å². The van der Waals surface area contributed by atoms with E-state index >= 15 is 0 Å².